The summed E-state index contributed by atoms with van der Waals surface area (Å²) in [4.78, 5) is 24.7. The van der Waals surface area contributed by atoms with Crippen molar-refractivity contribution >= 4 is 63.0 Å². The highest BCUT2D eigenvalue weighted by Crippen LogP contribution is 2.31. The van der Waals surface area contributed by atoms with Gasteiger partial charge in [0.15, 0.2) is 4.34 Å². The van der Waals surface area contributed by atoms with Crippen LogP contribution in [0.25, 0.3) is 0 Å². The van der Waals surface area contributed by atoms with Gasteiger partial charge in [0, 0.05) is 16.4 Å². The quantitative estimate of drug-likeness (QED) is 0.381. The van der Waals surface area contributed by atoms with E-state index < -0.39 is 5.25 Å². The maximum Gasteiger partial charge on any atom is 0.243 e. The SMILES string of the molecule is Cc1ccc(Nc2nnc(SC(C)C(=O)NCC(=O)Nc3c(C)cccc3C)s2)cc1Cl. The van der Waals surface area contributed by atoms with Crippen LogP contribution in [-0.2, 0) is 9.59 Å². The van der Waals surface area contributed by atoms with E-state index in [0.717, 1.165) is 28.1 Å². The molecule has 3 N–H and O–H groups in total. The standard InChI is InChI=1S/C22H24ClN5O2S2/c1-12-8-9-16(10-17(12)23)25-21-27-28-22(32-21)31-15(4)20(30)24-11-18(29)26-19-13(2)6-5-7-14(19)3/h5-10,15H,11H2,1-4H3,(H,24,30)(H,25,27)(H,26,29). The van der Waals surface area contributed by atoms with Gasteiger partial charge in [-0.05, 0) is 56.5 Å². The number of halogens is 1. The van der Waals surface area contributed by atoms with Gasteiger partial charge < -0.3 is 16.0 Å². The number of amides is 2. The van der Waals surface area contributed by atoms with Crippen molar-refractivity contribution in [1.82, 2.24) is 15.5 Å². The second-order valence-electron chi connectivity index (χ2n) is 7.25. The molecular weight excluding hydrogens is 466 g/mol. The highest BCUT2D eigenvalue weighted by molar-refractivity contribution is 8.02. The van der Waals surface area contributed by atoms with Crippen molar-refractivity contribution in [3.8, 4) is 0 Å². The lowest BCUT2D eigenvalue weighted by molar-refractivity contribution is -0.123. The minimum Gasteiger partial charge on any atom is -0.346 e. The summed E-state index contributed by atoms with van der Waals surface area (Å²) in [5.41, 5.74) is 4.53. The molecule has 1 aromatic heterocycles. The predicted octanol–water partition coefficient (Wildman–Crippen LogP) is 5.10. The maximum atomic E-state index is 12.4. The van der Waals surface area contributed by atoms with Gasteiger partial charge in [0.2, 0.25) is 16.9 Å². The topological polar surface area (TPSA) is 96.0 Å². The largest absolute Gasteiger partial charge is 0.346 e. The number of carbonyl (C=O) groups excluding carboxylic acids is 2. The molecule has 3 aromatic rings. The minimum absolute atomic E-state index is 0.103. The zero-order valence-corrected chi connectivity index (χ0v) is 20.5. The summed E-state index contributed by atoms with van der Waals surface area (Å²) in [6.45, 7) is 7.45. The molecule has 0 saturated carbocycles. The van der Waals surface area contributed by atoms with Crippen LogP contribution in [0.2, 0.25) is 5.02 Å². The third-order valence-corrected chi connectivity index (χ3v) is 7.08. The number of benzene rings is 2. The van der Waals surface area contributed by atoms with E-state index in [0.29, 0.717) is 14.5 Å². The Bertz CT molecular complexity index is 1120. The first kappa shape index (κ1) is 24.0. The fourth-order valence-electron chi connectivity index (χ4n) is 2.81. The zero-order valence-electron chi connectivity index (χ0n) is 18.2. The number of hydrogen-bond donors (Lipinski definition) is 3. The minimum atomic E-state index is -0.433. The fraction of sp³-hybridized carbons (Fsp3) is 0.273. The van der Waals surface area contributed by atoms with E-state index >= 15 is 0 Å². The van der Waals surface area contributed by atoms with E-state index in [4.69, 9.17) is 11.6 Å². The molecule has 10 heteroatoms. The van der Waals surface area contributed by atoms with Gasteiger partial charge in [0.05, 0.1) is 11.8 Å². The Labute approximate surface area is 200 Å². The fourth-order valence-corrected chi connectivity index (χ4v) is 4.93. The number of nitrogens with one attached hydrogen (secondary N) is 3. The third kappa shape index (κ3) is 6.44. The molecule has 3 rings (SSSR count). The van der Waals surface area contributed by atoms with E-state index in [1.54, 1.807) is 6.92 Å². The summed E-state index contributed by atoms with van der Waals surface area (Å²) >= 11 is 8.78. The predicted molar refractivity (Wildman–Crippen MR) is 132 cm³/mol. The molecule has 1 unspecified atom stereocenters. The molecule has 1 atom stereocenters. The molecule has 7 nitrogen and oxygen atoms in total. The van der Waals surface area contributed by atoms with Crippen molar-refractivity contribution in [3.05, 3.63) is 58.1 Å². The lowest BCUT2D eigenvalue weighted by Gasteiger charge is -2.13. The molecule has 0 radical (unpaired) electrons. The smallest absolute Gasteiger partial charge is 0.243 e. The third-order valence-electron chi connectivity index (χ3n) is 4.65. The summed E-state index contributed by atoms with van der Waals surface area (Å²) in [5.74, 6) is -0.520. The Morgan fingerprint density at radius 1 is 1.09 bits per heavy atom. The highest BCUT2D eigenvalue weighted by Gasteiger charge is 2.18. The molecule has 0 spiro atoms. The lowest BCUT2D eigenvalue weighted by atomic mass is 10.1. The summed E-state index contributed by atoms with van der Waals surface area (Å²) < 4.78 is 0.647. The van der Waals surface area contributed by atoms with E-state index in [1.807, 2.05) is 57.2 Å². The van der Waals surface area contributed by atoms with Crippen molar-refractivity contribution in [1.29, 1.82) is 0 Å². The Morgan fingerprint density at radius 3 is 2.50 bits per heavy atom. The van der Waals surface area contributed by atoms with Gasteiger partial charge in [-0.3, -0.25) is 9.59 Å². The second-order valence-corrected chi connectivity index (χ2v) is 10.2. The number of hydrogen-bond acceptors (Lipinski definition) is 7. The van der Waals surface area contributed by atoms with Crippen LogP contribution in [-0.4, -0.2) is 33.8 Å². The summed E-state index contributed by atoms with van der Waals surface area (Å²) in [5, 5.41) is 17.8. The first-order valence-corrected chi connectivity index (χ1v) is 12.0. The van der Waals surface area contributed by atoms with Gasteiger partial charge in [-0.25, -0.2) is 0 Å². The number of para-hydroxylation sites is 1. The summed E-state index contributed by atoms with van der Waals surface area (Å²) in [6, 6.07) is 11.5. The van der Waals surface area contributed by atoms with Crippen LogP contribution in [0.15, 0.2) is 40.7 Å². The van der Waals surface area contributed by atoms with Gasteiger partial charge in [-0.2, -0.15) is 0 Å². The Morgan fingerprint density at radius 2 is 1.81 bits per heavy atom. The average molecular weight is 490 g/mol. The van der Waals surface area contributed by atoms with Crippen LogP contribution in [0, 0.1) is 20.8 Å². The van der Waals surface area contributed by atoms with Crippen molar-refractivity contribution in [3.63, 3.8) is 0 Å². The molecule has 32 heavy (non-hydrogen) atoms. The molecule has 168 valence electrons. The Balaban J connectivity index is 1.49. The number of anilines is 3. The number of rotatable bonds is 8. The van der Waals surface area contributed by atoms with E-state index in [2.05, 4.69) is 26.1 Å². The Kier molecular flexibility index (Phi) is 8.11. The normalized spacial score (nSPS) is 11.7. The number of aromatic nitrogens is 2. The average Bonchev–Trinajstić information content (AvgIpc) is 3.18. The first-order valence-electron chi connectivity index (χ1n) is 9.90. The monoisotopic (exact) mass is 489 g/mol. The lowest BCUT2D eigenvalue weighted by Crippen LogP contribution is -2.37. The van der Waals surface area contributed by atoms with Gasteiger partial charge >= 0.3 is 0 Å². The van der Waals surface area contributed by atoms with Gasteiger partial charge in [-0.15, -0.1) is 10.2 Å². The van der Waals surface area contributed by atoms with Crippen LogP contribution < -0.4 is 16.0 Å². The van der Waals surface area contributed by atoms with Crippen LogP contribution in [0.5, 0.6) is 0 Å². The molecule has 2 amide bonds. The van der Waals surface area contributed by atoms with E-state index in [1.165, 1.54) is 23.1 Å². The summed E-state index contributed by atoms with van der Waals surface area (Å²) in [7, 11) is 0. The van der Waals surface area contributed by atoms with Crippen LogP contribution in [0.1, 0.15) is 23.6 Å². The van der Waals surface area contributed by atoms with Gasteiger partial charge in [-0.1, -0.05) is 59.0 Å². The maximum absolute atomic E-state index is 12.4. The van der Waals surface area contributed by atoms with E-state index in [9.17, 15) is 9.59 Å². The number of carbonyl (C=O) groups is 2. The summed E-state index contributed by atoms with van der Waals surface area (Å²) in [6.07, 6.45) is 0. The van der Waals surface area contributed by atoms with Crippen LogP contribution >= 0.6 is 34.7 Å². The highest BCUT2D eigenvalue weighted by atomic mass is 35.5. The van der Waals surface area contributed by atoms with E-state index in [-0.39, 0.29) is 18.4 Å². The number of thioether (sulfide) groups is 1. The molecular formula is C22H24ClN5O2S2. The van der Waals surface area contributed by atoms with Crippen molar-refractivity contribution in [2.45, 2.75) is 37.3 Å². The second kappa shape index (κ2) is 10.8. The van der Waals surface area contributed by atoms with Gasteiger partial charge in [0.1, 0.15) is 0 Å². The van der Waals surface area contributed by atoms with Crippen LogP contribution in [0.3, 0.4) is 0 Å². The molecule has 0 bridgehead atoms. The molecule has 0 aliphatic carbocycles. The van der Waals surface area contributed by atoms with Crippen LogP contribution in [0.4, 0.5) is 16.5 Å². The van der Waals surface area contributed by atoms with Crippen molar-refractivity contribution in [2.75, 3.05) is 17.2 Å². The molecule has 2 aromatic carbocycles. The van der Waals surface area contributed by atoms with Gasteiger partial charge in [0.25, 0.3) is 0 Å². The first-order chi connectivity index (χ1) is 15.2. The molecule has 0 aliphatic rings. The molecule has 1 heterocycles. The number of aryl methyl sites for hydroxylation is 3. The molecule has 0 fully saturated rings. The van der Waals surface area contributed by atoms with Crippen molar-refractivity contribution in [2.24, 2.45) is 0 Å². The van der Waals surface area contributed by atoms with Crippen molar-refractivity contribution < 1.29 is 9.59 Å². The molecule has 0 saturated heterocycles. The number of nitrogens with zero attached hydrogens (tertiary/aromatic N) is 2. The molecule has 0 aliphatic heterocycles. The Hall–Kier alpha value is -2.62. The zero-order chi connectivity index (χ0) is 23.3.